The minimum absolute atomic E-state index is 0.109. The molecule has 778 valence electrons. The maximum atomic E-state index is 11.8. The zero-order valence-electron chi connectivity index (χ0n) is 87.0. The molecule has 0 bridgehead atoms. The van der Waals surface area contributed by atoms with Crippen LogP contribution in [0.1, 0.15) is 298 Å². The Morgan fingerprint density at radius 2 is 0.481 bits per heavy atom. The number of ether oxygens (including phenoxy) is 8. The van der Waals surface area contributed by atoms with E-state index < -0.39 is 0 Å². The molecule has 0 aromatic heterocycles. The van der Waals surface area contributed by atoms with Gasteiger partial charge in [0, 0.05) is 105 Å². The van der Waals surface area contributed by atoms with Crippen LogP contribution in [0.4, 0.5) is 0 Å². The molecule has 0 spiro atoms. The molecule has 0 saturated heterocycles. The Morgan fingerprint density at radius 1 is 0.244 bits per heavy atom. The molecule has 0 fully saturated rings. The molecule has 32 nitrogen and oxygen atoms in total. The third-order valence-electron chi connectivity index (χ3n) is 18.5. The standard InChI is InChI=1S/C17H31NO3.C15H27NO3.2C13H23NO3.2C12H21NO3.C11H19NO3.C10H17NO3/c1-5-9-10-15(7-3)14-21-17(20)11-13-18(12-6-2)16(19)8-4;1-4-7-8-9-13-19-15(18)10-12-16(11-5-2)14(17)6-3;1-5-8-14(12(15)6-2)9-7-13(16)17-10-11(3)4;1-4-7-11-17-13(16)8-10-14(9-5-2)12(15)6-3;1-5-8-13(11(14)6-2)9-7-12(15)16-10(3)4;1-4-8-13(11(14)6-3)9-7-12(15)16-10-5-2;1-4-8-12(10(13)5-2)9-7-11(14)15-6-3;1-4-7-11(9(12)5-2)8-6-10(13)14-3/h8,15H,4-7,9-14H2,1-3H3;6H,3-5,7-13H2,1-2H3;6,11H,2,5,7-10H2,1,3-4H3;6H,3-5,7-11H2,1-2H3;6,10H,2,5,7-9H2,1,3-4H3;6H,3-5,7-10H2,1-2H3;5H,2,4,6-9H2,1,3H3;5H,2,4,6-8H2,1,3H3. The summed E-state index contributed by atoms with van der Waals surface area (Å²) in [6, 6.07) is 0. The topological polar surface area (TPSA) is 373 Å². The molecule has 1 unspecified atom stereocenters. The second-order valence-electron chi connectivity index (χ2n) is 31.4. The Labute approximate surface area is 813 Å². The molecular formula is C103H182N8O24. The second-order valence-corrected chi connectivity index (χ2v) is 31.4. The van der Waals surface area contributed by atoms with E-state index in [-0.39, 0.29) is 152 Å². The Morgan fingerprint density at radius 3 is 0.704 bits per heavy atom. The molecule has 1 atom stereocenters. The van der Waals surface area contributed by atoms with Gasteiger partial charge >= 0.3 is 47.8 Å². The van der Waals surface area contributed by atoms with Crippen molar-refractivity contribution in [3.8, 4) is 0 Å². The van der Waals surface area contributed by atoms with Gasteiger partial charge in [-0.3, -0.25) is 76.7 Å². The number of hydrogen-bond acceptors (Lipinski definition) is 24. The van der Waals surface area contributed by atoms with Crippen LogP contribution in [0.25, 0.3) is 0 Å². The van der Waals surface area contributed by atoms with Gasteiger partial charge in [-0.1, -0.05) is 201 Å². The van der Waals surface area contributed by atoms with E-state index in [1.165, 1.54) is 81.4 Å². The van der Waals surface area contributed by atoms with Crippen molar-refractivity contribution >= 4 is 95.0 Å². The molecule has 135 heavy (non-hydrogen) atoms. The minimum Gasteiger partial charge on any atom is -0.469 e. The quantitative estimate of drug-likeness (QED) is 0.0236. The lowest BCUT2D eigenvalue weighted by Gasteiger charge is -2.20. The lowest BCUT2D eigenvalue weighted by atomic mass is 10.0. The number of rotatable bonds is 68. The van der Waals surface area contributed by atoms with Crippen molar-refractivity contribution in [1.82, 2.24) is 39.2 Å². The maximum Gasteiger partial charge on any atom is 0.307 e. The predicted molar refractivity (Wildman–Crippen MR) is 536 cm³/mol. The SMILES string of the molecule is C=CC(=O)N(CCC)CCC(=O)OC.C=CC(=O)N(CCC)CCC(=O)OC(C)C.C=CC(=O)N(CCC)CCC(=O)OCC.C=CC(=O)N(CCC)CCC(=O)OCC(C)C.C=CC(=O)N(CCC)CCC(=O)OCC(CC)CCCC.C=CC(=O)N(CCC)CCC(=O)OCCC.C=CC(=O)N(CCC)CCC(=O)OCCCC.C=CC(=O)N(CCC)CCC(=O)OCCCCCC. The molecule has 0 aliphatic rings. The Kier molecular flexibility index (Phi) is 105. The van der Waals surface area contributed by atoms with E-state index in [0.29, 0.717) is 156 Å². The fourth-order valence-corrected chi connectivity index (χ4v) is 11.3. The molecular weight excluding hydrogens is 1730 g/mol. The van der Waals surface area contributed by atoms with Crippen molar-refractivity contribution < 1.29 is 115 Å². The smallest absolute Gasteiger partial charge is 0.307 e. The van der Waals surface area contributed by atoms with Gasteiger partial charge in [-0.05, 0) is 158 Å². The van der Waals surface area contributed by atoms with Crippen LogP contribution in [0, 0.1) is 11.8 Å². The largest absolute Gasteiger partial charge is 0.469 e. The third-order valence-corrected chi connectivity index (χ3v) is 18.5. The first-order chi connectivity index (χ1) is 64.3. The van der Waals surface area contributed by atoms with Gasteiger partial charge in [-0.25, -0.2) is 0 Å². The van der Waals surface area contributed by atoms with Crippen LogP contribution in [0.5, 0.6) is 0 Å². The van der Waals surface area contributed by atoms with Gasteiger partial charge in [0.15, 0.2) is 0 Å². The highest BCUT2D eigenvalue weighted by atomic mass is 16.6. The third kappa shape index (κ3) is 89.7. The lowest BCUT2D eigenvalue weighted by molar-refractivity contribution is -0.149. The van der Waals surface area contributed by atoms with Gasteiger partial charge in [-0.15, -0.1) is 0 Å². The summed E-state index contributed by atoms with van der Waals surface area (Å²) in [5.41, 5.74) is 0. The first-order valence-corrected chi connectivity index (χ1v) is 48.9. The number of nitrogens with zero attached hydrogens (tertiary/aromatic N) is 8. The van der Waals surface area contributed by atoms with Gasteiger partial charge in [0.05, 0.1) is 104 Å². The van der Waals surface area contributed by atoms with Crippen molar-refractivity contribution in [3.63, 3.8) is 0 Å². The summed E-state index contributed by atoms with van der Waals surface area (Å²) in [7, 11) is 1.34. The van der Waals surface area contributed by atoms with Gasteiger partial charge in [0.1, 0.15) is 0 Å². The van der Waals surface area contributed by atoms with Gasteiger partial charge in [0.2, 0.25) is 47.3 Å². The summed E-state index contributed by atoms with van der Waals surface area (Å²) < 4.78 is 39.7. The Bertz CT molecular complexity index is 3290. The van der Waals surface area contributed by atoms with Crippen LogP contribution in [-0.4, -0.2) is 292 Å². The number of carbonyl (C=O) groups excluding carboxylic acids is 16. The molecule has 0 saturated carbocycles. The number of amides is 8. The summed E-state index contributed by atoms with van der Waals surface area (Å²) >= 11 is 0. The van der Waals surface area contributed by atoms with Crippen molar-refractivity contribution in [2.24, 2.45) is 11.8 Å². The van der Waals surface area contributed by atoms with Crippen molar-refractivity contribution in [1.29, 1.82) is 0 Å². The van der Waals surface area contributed by atoms with Crippen LogP contribution >= 0.6 is 0 Å². The van der Waals surface area contributed by atoms with Crippen LogP contribution in [0.2, 0.25) is 0 Å². The lowest BCUT2D eigenvalue weighted by Crippen LogP contribution is -2.32. The van der Waals surface area contributed by atoms with E-state index in [4.69, 9.17) is 33.2 Å². The van der Waals surface area contributed by atoms with Crippen molar-refractivity contribution in [2.75, 3.05) is 151 Å². The molecule has 8 amide bonds. The first-order valence-electron chi connectivity index (χ1n) is 48.9. The fourth-order valence-electron chi connectivity index (χ4n) is 11.3. The molecule has 0 radical (unpaired) electrons. The Hall–Kier alpha value is -10.6. The van der Waals surface area contributed by atoms with E-state index in [0.717, 1.165) is 96.3 Å². The highest BCUT2D eigenvalue weighted by molar-refractivity contribution is 5.91. The highest BCUT2D eigenvalue weighted by Gasteiger charge is 2.21. The molecule has 0 rings (SSSR count). The van der Waals surface area contributed by atoms with Crippen LogP contribution < -0.4 is 0 Å². The summed E-state index contributed by atoms with van der Waals surface area (Å²) in [4.78, 5) is 195. The number of unbranched alkanes of at least 4 members (excludes halogenated alkanes) is 5. The number of methoxy groups -OCH3 is 1. The summed E-state index contributed by atoms with van der Waals surface area (Å²) in [6.45, 7) is 74.2. The van der Waals surface area contributed by atoms with Crippen LogP contribution in [-0.2, 0) is 115 Å². The molecule has 0 N–H and O–H groups in total. The van der Waals surface area contributed by atoms with E-state index in [2.05, 4.69) is 78.1 Å². The fraction of sp³-hybridized carbons (Fsp3) is 0.689. The number of hydrogen-bond donors (Lipinski definition) is 0. The zero-order chi connectivity index (χ0) is 105. The molecule has 0 heterocycles. The molecule has 0 aromatic rings. The van der Waals surface area contributed by atoms with Gasteiger partial charge < -0.3 is 77.1 Å². The van der Waals surface area contributed by atoms with Gasteiger partial charge in [0.25, 0.3) is 0 Å². The van der Waals surface area contributed by atoms with Crippen LogP contribution in [0.3, 0.4) is 0 Å². The summed E-state index contributed by atoms with van der Waals surface area (Å²) in [6.07, 6.45) is 30.5. The van der Waals surface area contributed by atoms with Crippen molar-refractivity contribution in [2.45, 2.75) is 304 Å². The average molecular weight is 1920 g/mol. The summed E-state index contributed by atoms with van der Waals surface area (Å²) in [5.74, 6) is -2.32. The number of esters is 8. The second kappa shape index (κ2) is 101. The molecule has 32 heteroatoms. The van der Waals surface area contributed by atoms with Crippen LogP contribution in [0.15, 0.2) is 101 Å². The molecule has 0 aliphatic heterocycles. The maximum absolute atomic E-state index is 11.8. The van der Waals surface area contributed by atoms with E-state index >= 15 is 0 Å². The Balaban J connectivity index is -0.000000228. The van der Waals surface area contributed by atoms with E-state index in [1.54, 1.807) is 60.0 Å². The molecule has 0 aromatic carbocycles. The first kappa shape index (κ1) is 140. The molecule has 0 aliphatic carbocycles. The minimum atomic E-state index is -0.303. The predicted octanol–water partition coefficient (Wildman–Crippen LogP) is 16.5. The monoisotopic (exact) mass is 1920 g/mol. The van der Waals surface area contributed by atoms with Gasteiger partial charge in [-0.2, -0.15) is 0 Å². The normalized spacial score (nSPS) is 10.1. The number of carbonyl (C=O) groups is 16. The van der Waals surface area contributed by atoms with Crippen molar-refractivity contribution in [3.05, 3.63) is 101 Å². The average Bonchev–Trinajstić information content (AvgIpc) is 0.978. The summed E-state index contributed by atoms with van der Waals surface area (Å²) in [5, 5.41) is 0. The highest BCUT2D eigenvalue weighted by Crippen LogP contribution is 2.14. The van der Waals surface area contributed by atoms with E-state index in [1.807, 2.05) is 83.1 Å². The zero-order valence-corrected chi connectivity index (χ0v) is 87.0. The van der Waals surface area contributed by atoms with E-state index in [9.17, 15) is 76.7 Å².